The van der Waals surface area contributed by atoms with Crippen molar-refractivity contribution in [3.05, 3.63) is 100 Å². The molecule has 0 spiro atoms. The third-order valence-electron chi connectivity index (χ3n) is 8.34. The van der Waals surface area contributed by atoms with Gasteiger partial charge in [-0.1, -0.05) is 6.07 Å². The molecule has 0 atom stereocenters. The van der Waals surface area contributed by atoms with Gasteiger partial charge in [-0.15, -0.1) is 0 Å². The number of nitro groups is 1. The van der Waals surface area contributed by atoms with Crippen molar-refractivity contribution in [2.45, 2.75) is 26.1 Å². The van der Waals surface area contributed by atoms with E-state index in [1.807, 2.05) is 23.1 Å². The number of pyridine rings is 1. The molecule has 0 amide bonds. The van der Waals surface area contributed by atoms with Gasteiger partial charge in [0.1, 0.15) is 24.4 Å². The number of benzene rings is 3. The SMILES string of the molecule is COc1ccc2cc3[n+](cc2c1OCCN(CCn1cnc([N+](=O)[O-])c1)Cc1ccc(F)cc1F)CCc1cc2c(cc1-3)OCO2.[Cl-]. The highest BCUT2D eigenvalue weighted by Crippen LogP contribution is 2.41. The maximum atomic E-state index is 14.6. The number of aryl methyl sites for hydroxylation is 2. The first-order chi connectivity index (χ1) is 22.4. The second-order valence-electron chi connectivity index (χ2n) is 11.2. The van der Waals surface area contributed by atoms with Crippen LogP contribution in [0.4, 0.5) is 14.6 Å². The Morgan fingerprint density at radius 3 is 2.70 bits per heavy atom. The molecule has 244 valence electrons. The molecule has 3 aromatic carbocycles. The van der Waals surface area contributed by atoms with Gasteiger partial charge in [-0.05, 0) is 51.2 Å². The largest absolute Gasteiger partial charge is 1.00 e. The summed E-state index contributed by atoms with van der Waals surface area (Å²) in [7, 11) is 1.59. The Labute approximate surface area is 274 Å². The fourth-order valence-electron chi connectivity index (χ4n) is 5.97. The van der Waals surface area contributed by atoms with Crippen LogP contribution < -0.4 is 35.9 Å². The van der Waals surface area contributed by atoms with Gasteiger partial charge < -0.3 is 46.0 Å². The van der Waals surface area contributed by atoms with Crippen molar-refractivity contribution in [2.75, 3.05) is 33.6 Å². The average Bonchev–Trinajstić information content (AvgIpc) is 3.72. The molecule has 0 saturated carbocycles. The summed E-state index contributed by atoms with van der Waals surface area (Å²) in [5, 5.41) is 12.9. The van der Waals surface area contributed by atoms with Crippen LogP contribution in [0.15, 0.2) is 67.3 Å². The smallest absolute Gasteiger partial charge is 0.381 e. The number of hydrogen-bond donors (Lipinski definition) is 0. The van der Waals surface area contributed by atoms with E-state index >= 15 is 0 Å². The second-order valence-corrected chi connectivity index (χ2v) is 11.2. The molecule has 2 aliphatic heterocycles. The number of ether oxygens (including phenoxy) is 4. The van der Waals surface area contributed by atoms with Crippen LogP contribution in [0.1, 0.15) is 11.1 Å². The maximum absolute atomic E-state index is 14.6. The monoisotopic (exact) mass is 665 g/mol. The van der Waals surface area contributed by atoms with Gasteiger partial charge in [-0.3, -0.25) is 4.90 Å². The van der Waals surface area contributed by atoms with Crippen molar-refractivity contribution in [1.82, 2.24) is 14.5 Å². The first-order valence-corrected chi connectivity index (χ1v) is 14.8. The molecular weight excluding hydrogens is 636 g/mol. The van der Waals surface area contributed by atoms with Crippen LogP contribution in [0.2, 0.25) is 0 Å². The fraction of sp³-hybridized carbons (Fsp3) is 0.273. The zero-order chi connectivity index (χ0) is 31.8. The first-order valence-electron chi connectivity index (χ1n) is 14.8. The molecule has 47 heavy (non-hydrogen) atoms. The molecule has 0 fully saturated rings. The second kappa shape index (κ2) is 13.4. The predicted molar refractivity (Wildman–Crippen MR) is 162 cm³/mol. The predicted octanol–water partition coefficient (Wildman–Crippen LogP) is 2.06. The van der Waals surface area contributed by atoms with Gasteiger partial charge in [0.15, 0.2) is 35.7 Å². The molecule has 0 bridgehead atoms. The lowest BCUT2D eigenvalue weighted by Gasteiger charge is -2.23. The van der Waals surface area contributed by atoms with E-state index < -0.39 is 16.6 Å². The van der Waals surface area contributed by atoms with Gasteiger partial charge in [0.25, 0.3) is 0 Å². The summed E-state index contributed by atoms with van der Waals surface area (Å²) in [6.45, 7) is 2.56. The number of halogens is 3. The van der Waals surface area contributed by atoms with E-state index in [0.29, 0.717) is 36.7 Å². The fourth-order valence-corrected chi connectivity index (χ4v) is 5.97. The maximum Gasteiger partial charge on any atom is 0.381 e. The topological polar surface area (TPSA) is 105 Å². The minimum absolute atomic E-state index is 0. The number of aromatic nitrogens is 3. The van der Waals surface area contributed by atoms with Crippen molar-refractivity contribution in [1.29, 1.82) is 0 Å². The lowest BCUT2D eigenvalue weighted by Crippen LogP contribution is -3.00. The Morgan fingerprint density at radius 1 is 1.11 bits per heavy atom. The summed E-state index contributed by atoms with van der Waals surface area (Å²) in [5.41, 5.74) is 3.70. The molecule has 0 aliphatic carbocycles. The molecule has 0 N–H and O–H groups in total. The summed E-state index contributed by atoms with van der Waals surface area (Å²) in [4.78, 5) is 16.2. The van der Waals surface area contributed by atoms with Crippen molar-refractivity contribution in [2.24, 2.45) is 0 Å². The molecule has 4 heterocycles. The van der Waals surface area contributed by atoms with Crippen LogP contribution in [-0.4, -0.2) is 53.0 Å². The normalized spacial score (nSPS) is 12.9. The van der Waals surface area contributed by atoms with Crippen LogP contribution in [0.3, 0.4) is 0 Å². The number of rotatable bonds is 11. The lowest BCUT2D eigenvalue weighted by molar-refractivity contribution is -0.686. The summed E-state index contributed by atoms with van der Waals surface area (Å²) in [6.07, 6.45) is 5.65. The van der Waals surface area contributed by atoms with E-state index in [-0.39, 0.29) is 38.2 Å². The van der Waals surface area contributed by atoms with E-state index in [0.717, 1.165) is 52.6 Å². The number of fused-ring (bicyclic) bond motifs is 5. The highest BCUT2D eigenvalue weighted by Gasteiger charge is 2.29. The van der Waals surface area contributed by atoms with E-state index in [9.17, 15) is 18.9 Å². The van der Waals surface area contributed by atoms with Crippen LogP contribution in [0.5, 0.6) is 23.0 Å². The molecule has 0 unspecified atom stereocenters. The lowest BCUT2D eigenvalue weighted by atomic mass is 9.95. The van der Waals surface area contributed by atoms with Gasteiger partial charge in [0.05, 0.1) is 18.1 Å². The summed E-state index contributed by atoms with van der Waals surface area (Å²) < 4.78 is 55.3. The Kier molecular flexibility index (Phi) is 9.10. The Hall–Kier alpha value is -5.01. The zero-order valence-corrected chi connectivity index (χ0v) is 26.1. The van der Waals surface area contributed by atoms with Gasteiger partial charge >= 0.3 is 5.82 Å². The van der Waals surface area contributed by atoms with Gasteiger partial charge in [-0.25, -0.2) is 8.78 Å². The molecule has 5 aromatic rings. The van der Waals surface area contributed by atoms with E-state index in [2.05, 4.69) is 27.9 Å². The molecular formula is C33H30ClF2N5O6. The summed E-state index contributed by atoms with van der Waals surface area (Å²) in [6, 6.07) is 13.6. The Bertz CT molecular complexity index is 1970. The quantitative estimate of drug-likeness (QED) is 0.120. The van der Waals surface area contributed by atoms with Crippen molar-refractivity contribution in [3.8, 4) is 34.3 Å². The third kappa shape index (κ3) is 6.49. The van der Waals surface area contributed by atoms with E-state index in [1.165, 1.54) is 30.2 Å². The number of hydrogen-bond acceptors (Lipinski definition) is 8. The Morgan fingerprint density at radius 2 is 1.94 bits per heavy atom. The zero-order valence-electron chi connectivity index (χ0n) is 25.3. The Balaban J connectivity index is 0.00000386. The standard InChI is InChI=1S/C33H30F2N5O6.ClH/c1-43-29-5-3-21-12-28-25-15-31-30(45-20-46-31)13-22(25)6-7-39(28)17-26(21)33(29)44-11-10-37(16-23-2-4-24(34)14-27(23)35)8-9-38-18-32(36-19-38)40(41)42;/h2-5,12-15,17-19H,6-11,16,20H2,1H3;1H/q+1;/p-1. The van der Waals surface area contributed by atoms with Gasteiger partial charge in [-0.2, -0.15) is 4.57 Å². The average molecular weight is 666 g/mol. The number of imidazole rings is 1. The van der Waals surface area contributed by atoms with Crippen LogP contribution in [0.25, 0.3) is 22.0 Å². The molecule has 11 nitrogen and oxygen atoms in total. The van der Waals surface area contributed by atoms with Gasteiger partial charge in [0, 0.05) is 50.3 Å². The van der Waals surface area contributed by atoms with Crippen molar-refractivity contribution >= 4 is 16.6 Å². The molecule has 7 rings (SSSR count). The summed E-state index contributed by atoms with van der Waals surface area (Å²) in [5.74, 6) is 1.13. The number of methoxy groups -OCH3 is 1. The van der Waals surface area contributed by atoms with Crippen molar-refractivity contribution in [3.63, 3.8) is 0 Å². The minimum Gasteiger partial charge on any atom is -1.00 e. The van der Waals surface area contributed by atoms with E-state index in [4.69, 9.17) is 18.9 Å². The van der Waals surface area contributed by atoms with Crippen LogP contribution in [-0.2, 0) is 26.1 Å². The molecule has 14 heteroatoms. The minimum atomic E-state index is -0.653. The van der Waals surface area contributed by atoms with Crippen LogP contribution >= 0.6 is 0 Å². The van der Waals surface area contributed by atoms with Gasteiger partial charge in [0.2, 0.25) is 18.8 Å². The van der Waals surface area contributed by atoms with E-state index in [1.54, 1.807) is 11.7 Å². The third-order valence-corrected chi connectivity index (χ3v) is 8.34. The van der Waals surface area contributed by atoms with Crippen LogP contribution in [0, 0.1) is 21.7 Å². The van der Waals surface area contributed by atoms with Crippen molar-refractivity contribution < 1.29 is 49.6 Å². The highest BCUT2D eigenvalue weighted by molar-refractivity contribution is 5.91. The molecule has 0 radical (unpaired) electrons. The highest BCUT2D eigenvalue weighted by atomic mass is 35.5. The molecule has 2 aromatic heterocycles. The molecule has 0 saturated heterocycles. The summed E-state index contributed by atoms with van der Waals surface area (Å²) >= 11 is 0. The number of nitrogens with zero attached hydrogens (tertiary/aromatic N) is 5. The molecule has 2 aliphatic rings. The first kappa shape index (κ1) is 32.0.